The minimum absolute atomic E-state index is 0.111. The number of methoxy groups -OCH3 is 1. The van der Waals surface area contributed by atoms with Crippen molar-refractivity contribution in [2.75, 3.05) is 7.11 Å². The van der Waals surface area contributed by atoms with Gasteiger partial charge in [0.25, 0.3) is 0 Å². The van der Waals surface area contributed by atoms with Crippen molar-refractivity contribution in [3.63, 3.8) is 0 Å². The lowest BCUT2D eigenvalue weighted by Crippen LogP contribution is -2.46. The van der Waals surface area contributed by atoms with Gasteiger partial charge < -0.3 is 20.5 Å². The normalized spacial score (nSPS) is 11.3. The molecule has 1 atom stereocenters. The summed E-state index contributed by atoms with van der Waals surface area (Å²) in [7, 11) is 1.14. The Labute approximate surface area is 120 Å². The number of rotatable bonds is 6. The number of nitrogens with zero attached hydrogens (tertiary/aromatic N) is 2. The molecule has 9 heteroatoms. The number of nitrogens with one attached hydrogen (secondary N) is 2. The van der Waals surface area contributed by atoms with Crippen LogP contribution in [-0.4, -0.2) is 46.2 Å². The second-order valence-electron chi connectivity index (χ2n) is 4.09. The van der Waals surface area contributed by atoms with Gasteiger partial charge in [-0.2, -0.15) is 0 Å². The van der Waals surface area contributed by atoms with Crippen molar-refractivity contribution in [3.8, 4) is 0 Å². The van der Waals surface area contributed by atoms with Gasteiger partial charge in [-0.1, -0.05) is 0 Å². The number of urea groups is 1. The van der Waals surface area contributed by atoms with Crippen LogP contribution in [0, 0.1) is 6.92 Å². The molecule has 0 radical (unpaired) electrons. The first-order chi connectivity index (χ1) is 9.92. The number of aromatic nitrogens is 2. The third-order valence-corrected chi connectivity index (χ3v) is 2.47. The Morgan fingerprint density at radius 3 is 2.71 bits per heavy atom. The first kappa shape index (κ1) is 16.3. The van der Waals surface area contributed by atoms with E-state index in [1.807, 2.05) is 0 Å². The van der Waals surface area contributed by atoms with Crippen LogP contribution in [-0.2, 0) is 20.9 Å². The van der Waals surface area contributed by atoms with Crippen LogP contribution >= 0.6 is 0 Å². The van der Waals surface area contributed by atoms with Crippen LogP contribution in [0.15, 0.2) is 12.3 Å². The number of carboxylic acid groups (broad SMARTS) is 1. The molecule has 0 aliphatic heterocycles. The minimum atomic E-state index is -1.36. The van der Waals surface area contributed by atoms with Gasteiger partial charge in [-0.25, -0.2) is 19.6 Å². The molecule has 0 bridgehead atoms. The van der Waals surface area contributed by atoms with E-state index in [1.165, 1.54) is 0 Å². The topological polar surface area (TPSA) is 131 Å². The second kappa shape index (κ2) is 7.78. The molecule has 3 N–H and O–H groups in total. The Bertz CT molecular complexity index is 534. The van der Waals surface area contributed by atoms with E-state index in [1.54, 1.807) is 19.2 Å². The van der Waals surface area contributed by atoms with Crippen molar-refractivity contribution >= 4 is 18.0 Å². The highest BCUT2D eigenvalue weighted by Crippen LogP contribution is 1.96. The number of aliphatic carboxylic acids is 1. The molecule has 1 aromatic heterocycles. The number of amides is 2. The van der Waals surface area contributed by atoms with Crippen molar-refractivity contribution in [3.05, 3.63) is 23.8 Å². The highest BCUT2D eigenvalue weighted by molar-refractivity contribution is 5.86. The van der Waals surface area contributed by atoms with Crippen LogP contribution in [0.2, 0.25) is 0 Å². The lowest BCUT2D eigenvalue weighted by Gasteiger charge is -2.14. The zero-order valence-corrected chi connectivity index (χ0v) is 11.6. The van der Waals surface area contributed by atoms with E-state index >= 15 is 0 Å². The van der Waals surface area contributed by atoms with Crippen LogP contribution in [0.4, 0.5) is 4.79 Å². The Morgan fingerprint density at radius 1 is 1.43 bits per heavy atom. The van der Waals surface area contributed by atoms with Crippen LogP contribution in [0.3, 0.4) is 0 Å². The van der Waals surface area contributed by atoms with Gasteiger partial charge in [0.1, 0.15) is 11.9 Å². The summed E-state index contributed by atoms with van der Waals surface area (Å²) in [6.45, 7) is 1.82. The summed E-state index contributed by atoms with van der Waals surface area (Å²) in [5.74, 6) is -1.49. The number of esters is 1. The molecule has 0 spiro atoms. The molecule has 2 amide bonds. The van der Waals surface area contributed by atoms with E-state index in [0.717, 1.165) is 7.11 Å². The SMILES string of the molecule is COC(=O)C[C@H](NC(=O)NCc1ccnc(C)n1)C(=O)O. The summed E-state index contributed by atoms with van der Waals surface area (Å²) in [6.07, 6.45) is 1.10. The zero-order valence-electron chi connectivity index (χ0n) is 11.6. The maximum Gasteiger partial charge on any atom is 0.326 e. The summed E-state index contributed by atoms with van der Waals surface area (Å²) in [4.78, 5) is 41.6. The fraction of sp³-hybridized carbons (Fsp3) is 0.417. The van der Waals surface area contributed by atoms with Gasteiger partial charge in [-0.05, 0) is 13.0 Å². The van der Waals surface area contributed by atoms with E-state index in [4.69, 9.17) is 5.11 Å². The Morgan fingerprint density at radius 2 is 2.14 bits per heavy atom. The molecule has 1 rings (SSSR count). The summed E-state index contributed by atoms with van der Waals surface area (Å²) in [6, 6.07) is -0.455. The average Bonchev–Trinajstić information content (AvgIpc) is 2.44. The molecule has 114 valence electrons. The van der Waals surface area contributed by atoms with Crippen LogP contribution in [0.5, 0.6) is 0 Å². The van der Waals surface area contributed by atoms with Crippen molar-refractivity contribution in [1.29, 1.82) is 0 Å². The highest BCUT2D eigenvalue weighted by Gasteiger charge is 2.23. The van der Waals surface area contributed by atoms with Gasteiger partial charge >= 0.3 is 18.0 Å². The predicted octanol–water partition coefficient (Wildman–Crippen LogP) is -0.399. The molecule has 21 heavy (non-hydrogen) atoms. The molecular formula is C12H16N4O5. The first-order valence-corrected chi connectivity index (χ1v) is 6.05. The van der Waals surface area contributed by atoms with Gasteiger partial charge in [0.05, 0.1) is 25.8 Å². The van der Waals surface area contributed by atoms with E-state index in [0.29, 0.717) is 11.5 Å². The molecule has 0 saturated heterocycles. The van der Waals surface area contributed by atoms with E-state index in [2.05, 4.69) is 25.3 Å². The van der Waals surface area contributed by atoms with Crippen LogP contribution < -0.4 is 10.6 Å². The monoisotopic (exact) mass is 296 g/mol. The maximum absolute atomic E-state index is 11.6. The molecule has 0 unspecified atom stereocenters. The van der Waals surface area contributed by atoms with Crippen molar-refractivity contribution < 1.29 is 24.2 Å². The van der Waals surface area contributed by atoms with E-state index in [-0.39, 0.29) is 6.54 Å². The number of aryl methyl sites for hydroxylation is 1. The Hall–Kier alpha value is -2.71. The zero-order chi connectivity index (χ0) is 15.8. The number of hydrogen-bond donors (Lipinski definition) is 3. The molecule has 0 fully saturated rings. The van der Waals surface area contributed by atoms with Crippen molar-refractivity contribution in [2.45, 2.75) is 25.9 Å². The molecule has 0 aliphatic carbocycles. The third-order valence-electron chi connectivity index (χ3n) is 2.47. The van der Waals surface area contributed by atoms with Crippen molar-refractivity contribution in [2.24, 2.45) is 0 Å². The van der Waals surface area contributed by atoms with Gasteiger partial charge in [-0.3, -0.25) is 4.79 Å². The smallest absolute Gasteiger partial charge is 0.326 e. The average molecular weight is 296 g/mol. The number of hydrogen-bond acceptors (Lipinski definition) is 6. The molecule has 1 heterocycles. The standard InChI is InChI=1S/C12H16N4O5/c1-7-13-4-3-8(15-7)6-14-12(20)16-9(11(18)19)5-10(17)21-2/h3-4,9H,5-6H2,1-2H3,(H,18,19)(H2,14,16,20)/t9-/m0/s1. The summed E-state index contributed by atoms with van der Waals surface area (Å²) < 4.78 is 4.36. The maximum atomic E-state index is 11.6. The predicted molar refractivity (Wildman–Crippen MR) is 70.2 cm³/mol. The largest absolute Gasteiger partial charge is 0.480 e. The number of carbonyl (C=O) groups is 3. The molecule has 0 aromatic carbocycles. The van der Waals surface area contributed by atoms with Gasteiger partial charge in [0.2, 0.25) is 0 Å². The first-order valence-electron chi connectivity index (χ1n) is 6.05. The van der Waals surface area contributed by atoms with Crippen LogP contribution in [0.1, 0.15) is 17.9 Å². The van der Waals surface area contributed by atoms with Gasteiger partial charge in [0.15, 0.2) is 0 Å². The van der Waals surface area contributed by atoms with E-state index in [9.17, 15) is 14.4 Å². The molecule has 1 aromatic rings. The number of carboxylic acids is 1. The number of ether oxygens (including phenoxy) is 1. The molecular weight excluding hydrogens is 280 g/mol. The third kappa shape index (κ3) is 5.85. The van der Waals surface area contributed by atoms with Gasteiger partial charge in [0, 0.05) is 6.20 Å². The lowest BCUT2D eigenvalue weighted by molar-refractivity contribution is -0.147. The Kier molecular flexibility index (Phi) is 6.05. The quantitative estimate of drug-likeness (QED) is 0.609. The van der Waals surface area contributed by atoms with E-state index < -0.39 is 30.4 Å². The Balaban J connectivity index is 2.50. The summed E-state index contributed by atoms with van der Waals surface area (Å²) in [5.41, 5.74) is 0.581. The van der Waals surface area contributed by atoms with Gasteiger partial charge in [-0.15, -0.1) is 0 Å². The highest BCUT2D eigenvalue weighted by atomic mass is 16.5. The summed E-state index contributed by atoms with van der Waals surface area (Å²) in [5, 5.41) is 13.5. The van der Waals surface area contributed by atoms with Crippen LogP contribution in [0.25, 0.3) is 0 Å². The minimum Gasteiger partial charge on any atom is -0.480 e. The lowest BCUT2D eigenvalue weighted by atomic mass is 10.2. The fourth-order valence-corrected chi connectivity index (χ4v) is 1.43. The molecule has 0 aliphatic rings. The number of carbonyl (C=O) groups excluding carboxylic acids is 2. The second-order valence-corrected chi connectivity index (χ2v) is 4.09. The molecule has 9 nitrogen and oxygen atoms in total. The van der Waals surface area contributed by atoms with Crippen molar-refractivity contribution in [1.82, 2.24) is 20.6 Å². The molecule has 0 saturated carbocycles. The summed E-state index contributed by atoms with van der Waals surface area (Å²) >= 11 is 0. The fourth-order valence-electron chi connectivity index (χ4n) is 1.43.